The van der Waals surface area contributed by atoms with Crippen LogP contribution in [0.4, 0.5) is 0 Å². The molecular weight excluding hydrogens is 340 g/mol. The maximum Gasteiger partial charge on any atom is 0.0624 e. The summed E-state index contributed by atoms with van der Waals surface area (Å²) >= 11 is 0. The van der Waals surface area contributed by atoms with Crippen molar-refractivity contribution in [2.24, 2.45) is 35.5 Å². The first kappa shape index (κ1) is 20.1. The Bertz CT molecular complexity index is 405. The lowest BCUT2D eigenvalue weighted by atomic mass is 9.80. The number of unbranched alkanes of at least 4 members (excludes halogenated alkanes) is 2. The van der Waals surface area contributed by atoms with Crippen molar-refractivity contribution in [2.75, 3.05) is 0 Å². The van der Waals surface area contributed by atoms with Gasteiger partial charge in [0.2, 0.25) is 0 Å². The molecule has 0 spiro atoms. The molecule has 4 N–H and O–H groups in total. The molecule has 4 saturated carbocycles. The molecule has 0 aromatic rings. The quantitative estimate of drug-likeness (QED) is 0.533. The first-order valence-electron chi connectivity index (χ1n) is 11.8. The zero-order valence-corrected chi connectivity index (χ0v) is 16.8. The van der Waals surface area contributed by atoms with Gasteiger partial charge in [-0.3, -0.25) is 0 Å². The molecule has 4 nitrogen and oxygen atoms in total. The summed E-state index contributed by atoms with van der Waals surface area (Å²) in [6.45, 7) is 0. The van der Waals surface area contributed by atoms with Crippen molar-refractivity contribution in [3.8, 4) is 0 Å². The lowest BCUT2D eigenvalue weighted by Crippen LogP contribution is -2.26. The van der Waals surface area contributed by atoms with Crippen molar-refractivity contribution < 1.29 is 20.4 Å². The predicted molar refractivity (Wildman–Crippen MR) is 105 cm³/mol. The van der Waals surface area contributed by atoms with Gasteiger partial charge in [-0.2, -0.15) is 0 Å². The minimum absolute atomic E-state index is 0.0589. The van der Waals surface area contributed by atoms with Crippen molar-refractivity contribution in [1.29, 1.82) is 0 Å². The topological polar surface area (TPSA) is 80.9 Å². The SMILES string of the molecule is OC1C(CCCCCC2C(O)C3CCCCC3C2O)C(O)C2CCCCC12. The largest absolute Gasteiger partial charge is 0.392 e. The van der Waals surface area contributed by atoms with Gasteiger partial charge in [0.05, 0.1) is 24.4 Å². The molecule has 0 aliphatic heterocycles. The van der Waals surface area contributed by atoms with Crippen molar-refractivity contribution in [3.05, 3.63) is 0 Å². The smallest absolute Gasteiger partial charge is 0.0624 e. The lowest BCUT2D eigenvalue weighted by molar-refractivity contribution is 0.0404. The Morgan fingerprint density at radius 3 is 1.04 bits per heavy atom. The minimum atomic E-state index is -0.313. The summed E-state index contributed by atoms with van der Waals surface area (Å²) in [5.74, 6) is 1.42. The minimum Gasteiger partial charge on any atom is -0.392 e. The number of fused-ring (bicyclic) bond motifs is 2. The fourth-order valence-electron chi connectivity index (χ4n) is 7.37. The van der Waals surface area contributed by atoms with Crippen LogP contribution in [-0.4, -0.2) is 44.8 Å². The van der Waals surface area contributed by atoms with Crippen molar-refractivity contribution in [3.63, 3.8) is 0 Å². The molecule has 4 fully saturated rings. The second kappa shape index (κ2) is 8.69. The van der Waals surface area contributed by atoms with Crippen LogP contribution in [0.1, 0.15) is 83.5 Å². The first-order valence-corrected chi connectivity index (χ1v) is 11.8. The molecule has 0 heterocycles. The van der Waals surface area contributed by atoms with E-state index in [0.29, 0.717) is 23.7 Å². The third-order valence-electron chi connectivity index (χ3n) is 8.83. The zero-order valence-electron chi connectivity index (χ0n) is 16.8. The van der Waals surface area contributed by atoms with Crippen LogP contribution in [0, 0.1) is 35.5 Å². The molecule has 0 bridgehead atoms. The molecule has 8 atom stereocenters. The molecule has 8 unspecified atom stereocenters. The third kappa shape index (κ3) is 3.84. The van der Waals surface area contributed by atoms with E-state index in [-0.39, 0.29) is 36.3 Å². The van der Waals surface area contributed by atoms with Crippen LogP contribution in [0.2, 0.25) is 0 Å². The summed E-state index contributed by atoms with van der Waals surface area (Å²) in [5, 5.41) is 42.6. The van der Waals surface area contributed by atoms with E-state index in [1.807, 2.05) is 0 Å². The van der Waals surface area contributed by atoms with Crippen LogP contribution in [0.25, 0.3) is 0 Å². The van der Waals surface area contributed by atoms with E-state index in [1.165, 1.54) is 25.7 Å². The molecule has 4 aliphatic rings. The van der Waals surface area contributed by atoms with E-state index in [2.05, 4.69) is 0 Å². The van der Waals surface area contributed by atoms with Gasteiger partial charge in [0, 0.05) is 11.8 Å². The van der Waals surface area contributed by atoms with Gasteiger partial charge in [-0.1, -0.05) is 44.9 Å². The Morgan fingerprint density at radius 2 is 0.741 bits per heavy atom. The Morgan fingerprint density at radius 1 is 0.444 bits per heavy atom. The molecule has 0 aromatic heterocycles. The number of hydrogen-bond acceptors (Lipinski definition) is 4. The van der Waals surface area contributed by atoms with E-state index in [0.717, 1.165) is 57.8 Å². The van der Waals surface area contributed by atoms with Gasteiger partial charge in [-0.15, -0.1) is 0 Å². The third-order valence-corrected chi connectivity index (χ3v) is 8.83. The van der Waals surface area contributed by atoms with E-state index in [1.54, 1.807) is 0 Å². The highest BCUT2D eigenvalue weighted by Crippen LogP contribution is 2.48. The fraction of sp³-hybridized carbons (Fsp3) is 1.00. The van der Waals surface area contributed by atoms with Crippen LogP contribution in [0.3, 0.4) is 0 Å². The molecule has 4 aliphatic carbocycles. The summed E-state index contributed by atoms with van der Waals surface area (Å²) in [5.41, 5.74) is 0. The van der Waals surface area contributed by atoms with Gasteiger partial charge >= 0.3 is 0 Å². The summed E-state index contributed by atoms with van der Waals surface area (Å²) in [4.78, 5) is 0. The molecule has 27 heavy (non-hydrogen) atoms. The van der Waals surface area contributed by atoms with Crippen molar-refractivity contribution >= 4 is 0 Å². The summed E-state index contributed by atoms with van der Waals surface area (Å²) < 4.78 is 0. The van der Waals surface area contributed by atoms with Gasteiger partial charge in [0.1, 0.15) is 0 Å². The maximum absolute atomic E-state index is 10.6. The number of rotatable bonds is 6. The Kier molecular flexibility index (Phi) is 6.48. The van der Waals surface area contributed by atoms with Crippen LogP contribution >= 0.6 is 0 Å². The van der Waals surface area contributed by atoms with Gasteiger partial charge in [0.15, 0.2) is 0 Å². The molecule has 0 aromatic carbocycles. The monoisotopic (exact) mass is 380 g/mol. The van der Waals surface area contributed by atoms with Gasteiger partial charge < -0.3 is 20.4 Å². The molecule has 4 rings (SSSR count). The van der Waals surface area contributed by atoms with Gasteiger partial charge in [-0.05, 0) is 62.2 Å². The highest BCUT2D eigenvalue weighted by Gasteiger charge is 2.50. The fourth-order valence-corrected chi connectivity index (χ4v) is 7.37. The normalized spacial score (nSPS) is 49.8. The molecule has 0 radical (unpaired) electrons. The Labute approximate surface area is 164 Å². The summed E-state index contributed by atoms with van der Waals surface area (Å²) in [6.07, 6.45) is 12.8. The standard InChI is InChI=1S/C23H40O4/c24-20-14-8-4-5-9-15(14)21(25)18(20)12-2-1-3-13-19-22(26)16-10-6-7-11-17(16)23(19)27/h14-27H,1-13H2. The second-order valence-corrected chi connectivity index (χ2v) is 10.2. The molecule has 0 saturated heterocycles. The molecule has 0 amide bonds. The predicted octanol–water partition coefficient (Wildman–Crippen LogP) is 3.25. The summed E-state index contributed by atoms with van der Waals surface area (Å²) in [6, 6.07) is 0. The average Bonchev–Trinajstić information content (AvgIpc) is 3.08. The van der Waals surface area contributed by atoms with Crippen LogP contribution in [0.15, 0.2) is 0 Å². The van der Waals surface area contributed by atoms with Crippen LogP contribution < -0.4 is 0 Å². The number of aliphatic hydroxyl groups excluding tert-OH is 4. The van der Waals surface area contributed by atoms with Gasteiger partial charge in [0.25, 0.3) is 0 Å². The highest BCUT2D eigenvalue weighted by molar-refractivity contribution is 5.00. The van der Waals surface area contributed by atoms with Crippen LogP contribution in [0.5, 0.6) is 0 Å². The molecule has 156 valence electrons. The lowest BCUT2D eigenvalue weighted by Gasteiger charge is -2.27. The van der Waals surface area contributed by atoms with Crippen molar-refractivity contribution in [2.45, 2.75) is 108 Å². The summed E-state index contributed by atoms with van der Waals surface area (Å²) in [7, 11) is 0. The van der Waals surface area contributed by atoms with E-state index in [4.69, 9.17) is 0 Å². The van der Waals surface area contributed by atoms with E-state index < -0.39 is 0 Å². The number of aliphatic hydroxyl groups is 4. The highest BCUT2D eigenvalue weighted by atomic mass is 16.3. The Balaban J connectivity index is 1.19. The molecular formula is C23H40O4. The second-order valence-electron chi connectivity index (χ2n) is 10.2. The Hall–Kier alpha value is -0.160. The first-order chi connectivity index (χ1) is 13.1. The van der Waals surface area contributed by atoms with Gasteiger partial charge in [-0.25, -0.2) is 0 Å². The maximum atomic E-state index is 10.6. The van der Waals surface area contributed by atoms with Crippen LogP contribution in [-0.2, 0) is 0 Å². The van der Waals surface area contributed by atoms with E-state index >= 15 is 0 Å². The zero-order chi connectivity index (χ0) is 19.0. The van der Waals surface area contributed by atoms with Crippen molar-refractivity contribution in [1.82, 2.24) is 0 Å². The van der Waals surface area contributed by atoms with E-state index in [9.17, 15) is 20.4 Å². The average molecular weight is 381 g/mol. The molecule has 4 heteroatoms. The number of hydrogen-bond donors (Lipinski definition) is 4.